The number of carbonyl (C=O) groups excluding carboxylic acids is 1. The zero-order valence-corrected chi connectivity index (χ0v) is 14.5. The van der Waals surface area contributed by atoms with Gasteiger partial charge >= 0.3 is 0 Å². The van der Waals surface area contributed by atoms with E-state index in [0.717, 1.165) is 11.1 Å². The number of rotatable bonds is 4. The van der Waals surface area contributed by atoms with Gasteiger partial charge in [-0.25, -0.2) is 5.01 Å². The summed E-state index contributed by atoms with van der Waals surface area (Å²) in [5, 5.41) is 8.06. The van der Waals surface area contributed by atoms with E-state index in [0.29, 0.717) is 0 Å². The zero-order chi connectivity index (χ0) is 17.8. The van der Waals surface area contributed by atoms with E-state index in [1.54, 1.807) is 5.01 Å². The van der Waals surface area contributed by atoms with Crippen LogP contribution in [0.1, 0.15) is 43.5 Å². The summed E-state index contributed by atoms with van der Waals surface area (Å²) in [4.78, 5) is 24.4. The van der Waals surface area contributed by atoms with Crippen LogP contribution in [0.2, 0.25) is 0 Å². The van der Waals surface area contributed by atoms with Gasteiger partial charge in [-0.05, 0) is 17.0 Å². The number of nitrogens with zero attached hydrogens (tertiary/aromatic N) is 2. The fraction of sp³-hybridized carbons (Fsp3) is 0.350. The fourth-order valence-corrected chi connectivity index (χ4v) is 3.55. The second-order valence-corrected chi connectivity index (χ2v) is 6.79. The van der Waals surface area contributed by atoms with E-state index in [2.05, 4.69) is 10.6 Å². The maximum Gasteiger partial charge on any atom is 0.222 e. The lowest BCUT2D eigenvalue weighted by Gasteiger charge is -2.36. The number of hydrogen-bond acceptors (Lipinski definition) is 3. The number of hydrogen-bond donors (Lipinski definition) is 1. The first-order valence-corrected chi connectivity index (χ1v) is 8.62. The Morgan fingerprint density at radius 3 is 2.08 bits per heavy atom. The van der Waals surface area contributed by atoms with Crippen LogP contribution >= 0.6 is 0 Å². The first kappa shape index (κ1) is 17.1. The minimum Gasteiger partial charge on any atom is -0.351 e. The van der Waals surface area contributed by atoms with Gasteiger partial charge in [0.25, 0.3) is 0 Å². The summed E-state index contributed by atoms with van der Waals surface area (Å²) in [6.07, 6.45) is 0.211. The molecule has 1 saturated heterocycles. The molecule has 0 unspecified atom stereocenters. The molecule has 3 rings (SSSR count). The molecule has 3 atom stereocenters. The summed E-state index contributed by atoms with van der Waals surface area (Å²) < 4.78 is 0. The summed E-state index contributed by atoms with van der Waals surface area (Å²) in [5.41, 5.74) is 1.89. The van der Waals surface area contributed by atoms with E-state index in [-0.39, 0.29) is 36.4 Å². The average Bonchev–Trinajstić information content (AvgIpc) is 2.79. The largest absolute Gasteiger partial charge is 0.351 e. The molecule has 1 aliphatic heterocycles. The van der Waals surface area contributed by atoms with Crippen LogP contribution in [0.15, 0.2) is 65.9 Å². The first-order chi connectivity index (χ1) is 12.1. The highest BCUT2D eigenvalue weighted by atomic mass is 16.3. The molecule has 0 bridgehead atoms. The minimum atomic E-state index is -0.382. The molecule has 1 fully saturated rings. The zero-order valence-electron chi connectivity index (χ0n) is 14.5. The maximum absolute atomic E-state index is 12.5. The number of amides is 1. The summed E-state index contributed by atoms with van der Waals surface area (Å²) >= 11 is 0. The van der Waals surface area contributed by atoms with Crippen molar-refractivity contribution in [2.24, 2.45) is 11.2 Å². The second-order valence-electron chi connectivity index (χ2n) is 6.79. The van der Waals surface area contributed by atoms with Crippen LogP contribution in [-0.2, 0) is 4.79 Å². The molecule has 2 aromatic rings. The minimum absolute atomic E-state index is 0.0559. The number of benzene rings is 2. The van der Waals surface area contributed by atoms with Crippen molar-refractivity contribution < 1.29 is 4.79 Å². The van der Waals surface area contributed by atoms with Crippen LogP contribution in [0.4, 0.5) is 0 Å². The molecular weight excluding hydrogens is 314 g/mol. The molecule has 25 heavy (non-hydrogen) atoms. The van der Waals surface area contributed by atoms with Crippen molar-refractivity contribution >= 4 is 5.91 Å². The quantitative estimate of drug-likeness (QED) is 0.858. The molecule has 0 saturated carbocycles. The molecule has 2 aromatic carbocycles. The van der Waals surface area contributed by atoms with Gasteiger partial charge in [0.1, 0.15) is 0 Å². The van der Waals surface area contributed by atoms with Gasteiger partial charge < -0.3 is 5.32 Å². The summed E-state index contributed by atoms with van der Waals surface area (Å²) in [7, 11) is 0. The molecule has 5 nitrogen and oxygen atoms in total. The van der Waals surface area contributed by atoms with Crippen LogP contribution < -0.4 is 5.32 Å². The monoisotopic (exact) mass is 337 g/mol. The van der Waals surface area contributed by atoms with Gasteiger partial charge in [0.05, 0.1) is 29.8 Å². The van der Waals surface area contributed by atoms with E-state index in [4.69, 9.17) is 0 Å². The predicted molar refractivity (Wildman–Crippen MR) is 97.4 cm³/mol. The number of carbonyl (C=O) groups is 1. The molecule has 1 N–H and O–H groups in total. The Hall–Kier alpha value is -2.69. The summed E-state index contributed by atoms with van der Waals surface area (Å²) in [6, 6.07) is 18.5. The van der Waals surface area contributed by atoms with Crippen LogP contribution in [0.5, 0.6) is 0 Å². The Morgan fingerprint density at radius 2 is 1.56 bits per heavy atom. The Morgan fingerprint density at radius 1 is 1.00 bits per heavy atom. The Labute approximate surface area is 148 Å². The predicted octanol–water partition coefficient (Wildman–Crippen LogP) is 4.00. The smallest absolute Gasteiger partial charge is 0.222 e. The van der Waals surface area contributed by atoms with Crippen molar-refractivity contribution in [1.82, 2.24) is 10.3 Å². The molecule has 1 aliphatic rings. The molecule has 0 aliphatic carbocycles. The standard InChI is InChI=1S/C20H23N3O2/c1-14(2)19-20(16-11-7-4-8-12-16)23(22-25)17(13-18(24)21-19)15-9-5-3-6-10-15/h3-12,14,17,19-20H,13H2,1-2H3,(H,21,24)/t17-,19+,20+/m0/s1. The molecule has 0 radical (unpaired) electrons. The van der Waals surface area contributed by atoms with Crippen molar-refractivity contribution in [2.75, 3.05) is 0 Å². The van der Waals surface area contributed by atoms with Crippen LogP contribution in [0, 0.1) is 10.8 Å². The molecule has 130 valence electrons. The summed E-state index contributed by atoms with van der Waals surface area (Å²) in [5.74, 6) is 0.104. The highest BCUT2D eigenvalue weighted by Crippen LogP contribution is 2.39. The summed E-state index contributed by atoms with van der Waals surface area (Å²) in [6.45, 7) is 4.10. The van der Waals surface area contributed by atoms with E-state index < -0.39 is 0 Å². The van der Waals surface area contributed by atoms with E-state index >= 15 is 0 Å². The van der Waals surface area contributed by atoms with Crippen molar-refractivity contribution in [2.45, 2.75) is 38.4 Å². The van der Waals surface area contributed by atoms with Crippen LogP contribution in [0.25, 0.3) is 0 Å². The van der Waals surface area contributed by atoms with Gasteiger partial charge in [-0.2, -0.15) is 0 Å². The third-order valence-electron chi connectivity index (χ3n) is 4.79. The fourth-order valence-electron chi connectivity index (χ4n) is 3.55. The van der Waals surface area contributed by atoms with Gasteiger partial charge in [-0.3, -0.25) is 4.79 Å². The lowest BCUT2D eigenvalue weighted by atomic mass is 9.90. The molecule has 1 heterocycles. The average molecular weight is 337 g/mol. The van der Waals surface area contributed by atoms with Gasteiger partial charge in [-0.15, -0.1) is 4.91 Å². The molecule has 0 spiro atoms. The Balaban J connectivity index is 2.11. The Kier molecular flexibility index (Phi) is 5.12. The lowest BCUT2D eigenvalue weighted by molar-refractivity contribution is -0.122. The van der Waals surface area contributed by atoms with Crippen molar-refractivity contribution in [3.05, 3.63) is 76.7 Å². The van der Waals surface area contributed by atoms with Gasteiger partial charge in [-0.1, -0.05) is 74.5 Å². The van der Waals surface area contributed by atoms with Crippen molar-refractivity contribution in [3.8, 4) is 0 Å². The third kappa shape index (κ3) is 3.55. The molecule has 0 aromatic heterocycles. The Bertz CT molecular complexity index is 718. The first-order valence-electron chi connectivity index (χ1n) is 8.62. The third-order valence-corrected chi connectivity index (χ3v) is 4.79. The van der Waals surface area contributed by atoms with Gasteiger partial charge in [0.15, 0.2) is 0 Å². The van der Waals surface area contributed by atoms with E-state index in [1.807, 2.05) is 74.5 Å². The van der Waals surface area contributed by atoms with E-state index in [9.17, 15) is 9.70 Å². The van der Waals surface area contributed by atoms with Crippen LogP contribution in [-0.4, -0.2) is 17.0 Å². The van der Waals surface area contributed by atoms with Crippen molar-refractivity contribution in [3.63, 3.8) is 0 Å². The SMILES string of the molecule is CC(C)[C@H]1NC(=O)C[C@@H](c2ccccc2)N(N=O)[C@@H]1c1ccccc1. The highest BCUT2D eigenvalue weighted by molar-refractivity contribution is 5.77. The second kappa shape index (κ2) is 7.47. The highest BCUT2D eigenvalue weighted by Gasteiger charge is 2.41. The van der Waals surface area contributed by atoms with Gasteiger partial charge in [0.2, 0.25) is 5.91 Å². The lowest BCUT2D eigenvalue weighted by Crippen LogP contribution is -2.44. The van der Waals surface area contributed by atoms with Crippen LogP contribution in [0.3, 0.4) is 0 Å². The molecular formula is C20H23N3O2. The van der Waals surface area contributed by atoms with Gasteiger partial charge in [0, 0.05) is 0 Å². The van der Waals surface area contributed by atoms with Crippen molar-refractivity contribution in [1.29, 1.82) is 0 Å². The topological polar surface area (TPSA) is 61.8 Å². The van der Waals surface area contributed by atoms with E-state index in [1.165, 1.54) is 0 Å². The molecule has 5 heteroatoms. The molecule has 1 amide bonds. The normalized spacial score (nSPS) is 23.9. The number of nitrogens with one attached hydrogen (secondary N) is 1. The maximum atomic E-state index is 12.5. The number of nitroso groups, excluding NO2 is 1.